The van der Waals surface area contributed by atoms with Crippen molar-refractivity contribution < 1.29 is 19.0 Å². The predicted octanol–water partition coefficient (Wildman–Crippen LogP) is 2.16. The van der Waals surface area contributed by atoms with Crippen LogP contribution in [0.25, 0.3) is 0 Å². The van der Waals surface area contributed by atoms with Gasteiger partial charge >= 0.3 is 0 Å². The van der Waals surface area contributed by atoms with Gasteiger partial charge in [-0.1, -0.05) is 27.7 Å². The van der Waals surface area contributed by atoms with Crippen LogP contribution in [0, 0.1) is 5.41 Å². The van der Waals surface area contributed by atoms with Crippen molar-refractivity contribution in [3.05, 3.63) is 0 Å². The van der Waals surface area contributed by atoms with E-state index in [-0.39, 0.29) is 12.2 Å². The van der Waals surface area contributed by atoms with E-state index in [2.05, 4.69) is 0 Å². The van der Waals surface area contributed by atoms with Crippen LogP contribution in [0.3, 0.4) is 0 Å². The topological polar surface area (TPSA) is 44.8 Å². The van der Waals surface area contributed by atoms with Crippen LogP contribution in [0.5, 0.6) is 0 Å². The molecule has 100 valence electrons. The monoisotopic (exact) mass is 244 g/mol. The van der Waals surface area contributed by atoms with Crippen LogP contribution in [0.15, 0.2) is 0 Å². The Balaban J connectivity index is 2.78. The molecule has 17 heavy (non-hydrogen) atoms. The Morgan fingerprint density at radius 1 is 1.47 bits per heavy atom. The molecular weight excluding hydrogens is 220 g/mol. The molecule has 1 fully saturated rings. The second-order valence-electron chi connectivity index (χ2n) is 5.18. The fraction of sp³-hybridized carbons (Fsp3) is 0.923. The van der Waals surface area contributed by atoms with Crippen molar-refractivity contribution in [1.82, 2.24) is 0 Å². The van der Waals surface area contributed by atoms with Crippen molar-refractivity contribution in [3.63, 3.8) is 0 Å². The highest BCUT2D eigenvalue weighted by Crippen LogP contribution is 2.36. The van der Waals surface area contributed by atoms with Crippen LogP contribution in [0.2, 0.25) is 0 Å². The highest BCUT2D eigenvalue weighted by Gasteiger charge is 2.46. The summed E-state index contributed by atoms with van der Waals surface area (Å²) in [6.45, 7) is 8.28. The lowest BCUT2D eigenvalue weighted by atomic mass is 9.85. The lowest BCUT2D eigenvalue weighted by Gasteiger charge is -2.33. The molecule has 0 saturated carbocycles. The summed E-state index contributed by atoms with van der Waals surface area (Å²) < 4.78 is 17.2. The third-order valence-corrected chi connectivity index (χ3v) is 3.58. The van der Waals surface area contributed by atoms with Gasteiger partial charge in [-0.15, -0.1) is 0 Å². The highest BCUT2D eigenvalue weighted by atomic mass is 16.8. The van der Waals surface area contributed by atoms with Crippen LogP contribution in [0.1, 0.15) is 40.5 Å². The van der Waals surface area contributed by atoms with E-state index in [4.69, 9.17) is 14.2 Å². The molecular formula is C13H24O4. The van der Waals surface area contributed by atoms with Gasteiger partial charge in [-0.25, -0.2) is 0 Å². The number of ether oxygens (including phenoxy) is 3. The first-order valence-electron chi connectivity index (χ1n) is 6.25. The van der Waals surface area contributed by atoms with E-state index < -0.39 is 11.2 Å². The quantitative estimate of drug-likeness (QED) is 0.672. The number of hydrogen-bond acceptors (Lipinski definition) is 4. The lowest BCUT2D eigenvalue weighted by molar-refractivity contribution is -0.191. The van der Waals surface area contributed by atoms with Crippen molar-refractivity contribution in [2.24, 2.45) is 5.41 Å². The average molecular weight is 244 g/mol. The normalized spacial score (nSPS) is 25.8. The maximum absolute atomic E-state index is 11.1. The average Bonchev–Trinajstić information content (AvgIpc) is 2.75. The Hall–Kier alpha value is -0.450. The fourth-order valence-electron chi connectivity index (χ4n) is 2.35. The Kier molecular flexibility index (Phi) is 4.69. The fourth-order valence-corrected chi connectivity index (χ4v) is 2.35. The van der Waals surface area contributed by atoms with Gasteiger partial charge in [-0.3, -0.25) is 0 Å². The number of hydrogen-bond donors (Lipinski definition) is 0. The third kappa shape index (κ3) is 2.87. The molecule has 0 bridgehead atoms. The molecule has 1 heterocycles. The molecule has 4 heteroatoms. The van der Waals surface area contributed by atoms with E-state index in [1.807, 2.05) is 27.7 Å². The first-order valence-corrected chi connectivity index (χ1v) is 6.25. The van der Waals surface area contributed by atoms with Gasteiger partial charge < -0.3 is 19.0 Å². The van der Waals surface area contributed by atoms with Crippen LogP contribution in [-0.4, -0.2) is 38.0 Å². The zero-order valence-electron chi connectivity index (χ0n) is 11.5. The highest BCUT2D eigenvalue weighted by molar-refractivity contribution is 5.59. The maximum atomic E-state index is 11.1. The summed E-state index contributed by atoms with van der Waals surface area (Å²) in [4.78, 5) is 11.1. The number of rotatable bonds is 6. The molecule has 1 aliphatic heterocycles. The van der Waals surface area contributed by atoms with Crippen LogP contribution in [-0.2, 0) is 19.0 Å². The first kappa shape index (κ1) is 14.6. The molecule has 0 aromatic rings. The van der Waals surface area contributed by atoms with Gasteiger partial charge in [0.1, 0.15) is 12.4 Å². The maximum Gasteiger partial charge on any atom is 0.168 e. The van der Waals surface area contributed by atoms with Crippen LogP contribution >= 0.6 is 0 Å². The zero-order chi connectivity index (χ0) is 13.1. The Bertz CT molecular complexity index is 258. The summed E-state index contributed by atoms with van der Waals surface area (Å²) in [5, 5.41) is 0. The summed E-state index contributed by atoms with van der Waals surface area (Å²) in [5.74, 6) is -0.500. The molecule has 0 spiro atoms. The molecule has 0 N–H and O–H groups in total. The lowest BCUT2D eigenvalue weighted by Crippen LogP contribution is -2.44. The van der Waals surface area contributed by atoms with Gasteiger partial charge in [-0.05, 0) is 12.8 Å². The van der Waals surface area contributed by atoms with Crippen molar-refractivity contribution in [2.45, 2.75) is 58.5 Å². The summed E-state index contributed by atoms with van der Waals surface area (Å²) in [5.41, 5.74) is -0.569. The van der Waals surface area contributed by atoms with Crippen LogP contribution < -0.4 is 0 Å². The van der Waals surface area contributed by atoms with Gasteiger partial charge in [0.2, 0.25) is 0 Å². The van der Waals surface area contributed by atoms with Gasteiger partial charge in [0.05, 0.1) is 12.7 Å². The molecule has 0 amide bonds. The Labute approximate surface area is 104 Å². The van der Waals surface area contributed by atoms with E-state index in [9.17, 15) is 4.79 Å². The minimum atomic E-state index is -0.569. The third-order valence-electron chi connectivity index (χ3n) is 3.58. The minimum Gasteiger partial charge on any atom is -0.378 e. The van der Waals surface area contributed by atoms with E-state index in [1.54, 1.807) is 7.11 Å². The van der Waals surface area contributed by atoms with E-state index in [1.165, 1.54) is 0 Å². The second-order valence-corrected chi connectivity index (χ2v) is 5.18. The Morgan fingerprint density at radius 2 is 2.06 bits per heavy atom. The first-order chi connectivity index (χ1) is 7.94. The number of methoxy groups -OCH3 is 1. The van der Waals surface area contributed by atoms with Gasteiger partial charge in [-0.2, -0.15) is 0 Å². The van der Waals surface area contributed by atoms with Gasteiger partial charge in [0, 0.05) is 12.5 Å². The smallest absolute Gasteiger partial charge is 0.168 e. The summed E-state index contributed by atoms with van der Waals surface area (Å²) in [7, 11) is 1.61. The Morgan fingerprint density at radius 3 is 2.41 bits per heavy atom. The molecule has 0 radical (unpaired) electrons. The predicted molar refractivity (Wildman–Crippen MR) is 64.8 cm³/mol. The summed E-state index contributed by atoms with van der Waals surface area (Å²) in [6.07, 6.45) is 2.07. The molecule has 0 aliphatic carbocycles. The van der Waals surface area contributed by atoms with Crippen molar-refractivity contribution >= 4 is 6.29 Å². The minimum absolute atomic E-state index is 0.180. The van der Waals surface area contributed by atoms with E-state index in [0.717, 1.165) is 19.1 Å². The standard InChI is InChI=1S/C13H24O4/c1-6-13(7-2)16-8-10(17-13)11(15-5)12(3,4)9-14/h9-11H,6-8H2,1-5H3/t10-,11-/m1/s1. The van der Waals surface area contributed by atoms with Crippen molar-refractivity contribution in [3.8, 4) is 0 Å². The molecule has 1 saturated heterocycles. The molecule has 0 unspecified atom stereocenters. The molecule has 2 atom stereocenters. The SMILES string of the molecule is CCC1(CC)OC[C@H]([C@@H](OC)C(C)(C)C=O)O1. The summed E-state index contributed by atoms with van der Waals surface area (Å²) in [6, 6.07) is 0. The van der Waals surface area contributed by atoms with Gasteiger partial charge in [0.15, 0.2) is 5.79 Å². The number of carbonyl (C=O) groups excluding carboxylic acids is 1. The number of carbonyl (C=O) groups is 1. The van der Waals surface area contributed by atoms with Gasteiger partial charge in [0.25, 0.3) is 0 Å². The van der Waals surface area contributed by atoms with E-state index >= 15 is 0 Å². The second kappa shape index (κ2) is 5.46. The van der Waals surface area contributed by atoms with E-state index in [0.29, 0.717) is 6.61 Å². The zero-order valence-corrected chi connectivity index (χ0v) is 11.5. The largest absolute Gasteiger partial charge is 0.378 e. The van der Waals surface area contributed by atoms with Crippen LogP contribution in [0.4, 0.5) is 0 Å². The van der Waals surface area contributed by atoms with Crippen molar-refractivity contribution in [2.75, 3.05) is 13.7 Å². The molecule has 0 aromatic heterocycles. The molecule has 0 aromatic carbocycles. The molecule has 4 nitrogen and oxygen atoms in total. The van der Waals surface area contributed by atoms with Crippen molar-refractivity contribution in [1.29, 1.82) is 0 Å². The molecule has 1 rings (SSSR count). The summed E-state index contributed by atoms with van der Waals surface area (Å²) >= 11 is 0. The number of aldehydes is 1. The molecule has 1 aliphatic rings.